The second-order valence-corrected chi connectivity index (χ2v) is 6.42. The average Bonchev–Trinajstić information content (AvgIpc) is 3.21. The minimum Gasteiger partial charge on any atom is -0.454 e. The molecule has 1 heterocycles. The van der Waals surface area contributed by atoms with Crippen molar-refractivity contribution in [1.82, 2.24) is 4.90 Å². The number of alkyl halides is 2. The molecule has 0 unspecified atom stereocenters. The predicted molar refractivity (Wildman–Crippen MR) is 92.8 cm³/mol. The number of halogens is 3. The number of hydrogen-bond donors (Lipinski definition) is 1. The van der Waals surface area contributed by atoms with E-state index in [0.29, 0.717) is 23.6 Å². The molecule has 1 aromatic rings. The molecule has 146 valence electrons. The van der Waals surface area contributed by atoms with Crippen LogP contribution in [0.15, 0.2) is 12.1 Å². The Bertz CT molecular complexity index is 647. The van der Waals surface area contributed by atoms with Gasteiger partial charge in [0.25, 0.3) is 0 Å². The second kappa shape index (κ2) is 8.73. The molecule has 1 aliphatic heterocycles. The van der Waals surface area contributed by atoms with Crippen molar-refractivity contribution in [2.75, 3.05) is 20.4 Å². The Labute approximate surface area is 157 Å². The molecule has 2 aliphatic rings. The van der Waals surface area contributed by atoms with Gasteiger partial charge in [-0.2, -0.15) is 8.78 Å². The van der Waals surface area contributed by atoms with Crippen molar-refractivity contribution < 1.29 is 27.8 Å². The van der Waals surface area contributed by atoms with Gasteiger partial charge in [0.15, 0.2) is 11.5 Å². The van der Waals surface area contributed by atoms with Crippen LogP contribution in [0, 0.1) is 11.8 Å². The fraction of sp³-hybridized carbons (Fsp3) is 0.588. The average molecular weight is 393 g/mol. The van der Waals surface area contributed by atoms with Crippen molar-refractivity contribution in [2.24, 2.45) is 17.6 Å². The molecule has 0 radical (unpaired) electrons. The Morgan fingerprint density at radius 2 is 2.04 bits per heavy atom. The van der Waals surface area contributed by atoms with Gasteiger partial charge >= 0.3 is 6.61 Å². The van der Waals surface area contributed by atoms with Gasteiger partial charge in [0.1, 0.15) is 5.75 Å². The molecule has 3 rings (SSSR count). The summed E-state index contributed by atoms with van der Waals surface area (Å²) in [5, 5.41) is 0. The van der Waals surface area contributed by atoms with E-state index in [0.717, 1.165) is 19.3 Å². The van der Waals surface area contributed by atoms with Crippen molar-refractivity contribution >= 4 is 18.3 Å². The molecule has 1 fully saturated rings. The molecule has 0 saturated heterocycles. The summed E-state index contributed by atoms with van der Waals surface area (Å²) in [5.74, 6) is 0.854. The number of carbonyl (C=O) groups is 1. The first-order valence-corrected chi connectivity index (χ1v) is 8.32. The first-order valence-electron chi connectivity index (χ1n) is 8.32. The number of carbonyl (C=O) groups excluding carboxylic acids is 1. The molecule has 2 N–H and O–H groups in total. The van der Waals surface area contributed by atoms with E-state index in [1.165, 1.54) is 11.0 Å². The third-order valence-corrected chi connectivity index (χ3v) is 4.83. The predicted octanol–water partition coefficient (Wildman–Crippen LogP) is 2.77. The number of nitrogens with zero attached hydrogens (tertiary/aromatic N) is 1. The lowest BCUT2D eigenvalue weighted by atomic mass is 9.94. The van der Waals surface area contributed by atoms with E-state index >= 15 is 0 Å². The van der Waals surface area contributed by atoms with Crippen molar-refractivity contribution in [3.05, 3.63) is 17.7 Å². The van der Waals surface area contributed by atoms with E-state index in [9.17, 15) is 13.6 Å². The van der Waals surface area contributed by atoms with E-state index < -0.39 is 6.61 Å². The molecule has 2 atom stereocenters. The van der Waals surface area contributed by atoms with Gasteiger partial charge in [-0.25, -0.2) is 0 Å². The highest BCUT2D eigenvalue weighted by molar-refractivity contribution is 5.85. The lowest BCUT2D eigenvalue weighted by Gasteiger charge is -2.25. The summed E-state index contributed by atoms with van der Waals surface area (Å²) in [5.41, 5.74) is 6.20. The van der Waals surface area contributed by atoms with Crippen molar-refractivity contribution in [3.8, 4) is 17.2 Å². The van der Waals surface area contributed by atoms with Crippen LogP contribution in [0.3, 0.4) is 0 Å². The SMILES string of the molecule is CN(Cc1cc2c(cc1OC(F)F)OCO2)C(=O)[C@@H]1CCC[C@@H]1CN.Cl. The van der Waals surface area contributed by atoms with E-state index in [-0.39, 0.29) is 49.2 Å². The molecule has 1 aromatic carbocycles. The molecule has 0 bridgehead atoms. The minimum atomic E-state index is -2.96. The zero-order valence-corrected chi connectivity index (χ0v) is 15.3. The van der Waals surface area contributed by atoms with Gasteiger partial charge in [-0.1, -0.05) is 6.42 Å². The first kappa shape index (κ1) is 20.5. The summed E-state index contributed by atoms with van der Waals surface area (Å²) in [6, 6.07) is 2.96. The zero-order valence-electron chi connectivity index (χ0n) is 14.5. The Morgan fingerprint density at radius 1 is 1.35 bits per heavy atom. The van der Waals surface area contributed by atoms with E-state index in [1.807, 2.05) is 0 Å². The highest BCUT2D eigenvalue weighted by Gasteiger charge is 2.34. The van der Waals surface area contributed by atoms with Crippen LogP contribution in [0.2, 0.25) is 0 Å². The van der Waals surface area contributed by atoms with E-state index in [2.05, 4.69) is 4.74 Å². The maximum Gasteiger partial charge on any atom is 0.387 e. The highest BCUT2D eigenvalue weighted by Crippen LogP contribution is 2.39. The molecule has 1 amide bonds. The van der Waals surface area contributed by atoms with Gasteiger partial charge in [0, 0.05) is 31.1 Å². The van der Waals surface area contributed by atoms with Crippen molar-refractivity contribution in [3.63, 3.8) is 0 Å². The summed E-state index contributed by atoms with van der Waals surface area (Å²) in [4.78, 5) is 14.2. The minimum absolute atomic E-state index is 0. The van der Waals surface area contributed by atoms with Gasteiger partial charge in [-0.05, 0) is 31.4 Å². The van der Waals surface area contributed by atoms with Crippen LogP contribution >= 0.6 is 12.4 Å². The number of hydrogen-bond acceptors (Lipinski definition) is 5. The highest BCUT2D eigenvalue weighted by atomic mass is 35.5. The first-order chi connectivity index (χ1) is 12.0. The van der Waals surface area contributed by atoms with Crippen LogP contribution in [-0.4, -0.2) is 37.8 Å². The van der Waals surface area contributed by atoms with Gasteiger partial charge in [0.2, 0.25) is 12.7 Å². The number of fused-ring (bicyclic) bond motifs is 1. The van der Waals surface area contributed by atoms with Gasteiger partial charge in [-0.15, -0.1) is 12.4 Å². The molecule has 1 saturated carbocycles. The largest absolute Gasteiger partial charge is 0.454 e. The Kier molecular flexibility index (Phi) is 6.88. The van der Waals surface area contributed by atoms with E-state index in [4.69, 9.17) is 15.2 Å². The Morgan fingerprint density at radius 3 is 2.69 bits per heavy atom. The van der Waals surface area contributed by atoms with Crippen LogP contribution < -0.4 is 19.9 Å². The van der Waals surface area contributed by atoms with Crippen molar-refractivity contribution in [2.45, 2.75) is 32.4 Å². The fourth-order valence-electron chi connectivity index (χ4n) is 3.56. The number of rotatable bonds is 6. The fourth-order valence-corrected chi connectivity index (χ4v) is 3.56. The van der Waals surface area contributed by atoms with Gasteiger partial charge in [-0.3, -0.25) is 4.79 Å². The molecule has 26 heavy (non-hydrogen) atoms. The molecule has 1 aliphatic carbocycles. The quantitative estimate of drug-likeness (QED) is 0.805. The number of amides is 1. The number of benzene rings is 1. The summed E-state index contributed by atoms with van der Waals surface area (Å²) < 4.78 is 40.5. The van der Waals surface area contributed by atoms with Crippen LogP contribution in [0.5, 0.6) is 17.2 Å². The topological polar surface area (TPSA) is 74.0 Å². The summed E-state index contributed by atoms with van der Waals surface area (Å²) in [6.45, 7) is -2.31. The van der Waals surface area contributed by atoms with E-state index in [1.54, 1.807) is 13.1 Å². The normalized spacial score (nSPS) is 20.8. The smallest absolute Gasteiger partial charge is 0.387 e. The Hall–Kier alpha value is -1.80. The van der Waals surface area contributed by atoms with Gasteiger partial charge in [0.05, 0.1) is 0 Å². The van der Waals surface area contributed by atoms with Crippen LogP contribution in [0.4, 0.5) is 8.78 Å². The zero-order chi connectivity index (χ0) is 18.0. The van der Waals surface area contributed by atoms with Crippen molar-refractivity contribution in [1.29, 1.82) is 0 Å². The lowest BCUT2D eigenvalue weighted by Crippen LogP contribution is -2.36. The summed E-state index contributed by atoms with van der Waals surface area (Å²) in [6.07, 6.45) is 2.74. The molecular weight excluding hydrogens is 370 g/mol. The third-order valence-electron chi connectivity index (χ3n) is 4.83. The number of nitrogens with two attached hydrogens (primary N) is 1. The Balaban J connectivity index is 0.00000243. The summed E-state index contributed by atoms with van der Waals surface area (Å²) in [7, 11) is 1.66. The standard InChI is InChI=1S/C17H22F2N2O4.ClH/c1-21(16(22)12-4-2-3-10(12)7-20)8-11-5-14-15(24-9-23-14)6-13(11)25-17(18)19;/h5-6,10,12,17H,2-4,7-9,20H2,1H3;1H/t10-,12-;/m1./s1. The maximum atomic E-state index is 12.7. The number of ether oxygens (including phenoxy) is 3. The molecule has 0 spiro atoms. The maximum absolute atomic E-state index is 12.7. The molecule has 6 nitrogen and oxygen atoms in total. The molecule has 9 heteroatoms. The lowest BCUT2D eigenvalue weighted by molar-refractivity contribution is -0.135. The van der Waals surface area contributed by atoms with Crippen LogP contribution in [0.25, 0.3) is 0 Å². The third kappa shape index (κ3) is 4.29. The molecular formula is C17H23ClF2N2O4. The second-order valence-electron chi connectivity index (χ2n) is 6.42. The van der Waals surface area contributed by atoms with Gasteiger partial charge < -0.3 is 24.8 Å². The van der Waals surface area contributed by atoms with Crippen LogP contribution in [0.1, 0.15) is 24.8 Å². The monoisotopic (exact) mass is 392 g/mol. The molecule has 0 aromatic heterocycles. The van der Waals surface area contributed by atoms with Crippen LogP contribution in [-0.2, 0) is 11.3 Å². The summed E-state index contributed by atoms with van der Waals surface area (Å²) >= 11 is 0.